The van der Waals surface area contributed by atoms with Crippen molar-refractivity contribution in [3.8, 4) is 0 Å². The maximum atomic E-state index is 12.8. The molecule has 0 spiro atoms. The summed E-state index contributed by atoms with van der Waals surface area (Å²) in [6.45, 7) is 6.24. The van der Waals surface area contributed by atoms with E-state index in [2.05, 4.69) is 10.1 Å². The number of hydrogen-bond acceptors (Lipinski definition) is 4. The van der Waals surface area contributed by atoms with Crippen LogP contribution in [0.5, 0.6) is 0 Å². The summed E-state index contributed by atoms with van der Waals surface area (Å²) >= 11 is 0. The first-order chi connectivity index (χ1) is 9.45. The molecule has 0 bridgehead atoms. The number of carbonyl (C=O) groups excluding carboxylic acids is 2. The molecule has 0 aromatic heterocycles. The third-order valence-corrected chi connectivity index (χ3v) is 2.34. The molecule has 0 aliphatic heterocycles. The number of ether oxygens (including phenoxy) is 2. The molecule has 0 saturated carbocycles. The Bertz CT molecular complexity index is 350. The number of carbonyl (C=O) groups is 2. The monoisotopic (exact) mass is 313 g/mol. The second kappa shape index (κ2) is 8.09. The molecule has 1 atom stereocenters. The summed E-state index contributed by atoms with van der Waals surface area (Å²) in [7, 11) is 0. The fourth-order valence-corrected chi connectivity index (χ4v) is 1.47. The summed E-state index contributed by atoms with van der Waals surface area (Å²) in [6, 6.07) is 0. The van der Waals surface area contributed by atoms with E-state index in [-0.39, 0.29) is 13.2 Å². The number of hydrogen-bond donors (Lipinski definition) is 1. The van der Waals surface area contributed by atoms with Gasteiger partial charge in [0.15, 0.2) is 0 Å². The van der Waals surface area contributed by atoms with E-state index in [0.29, 0.717) is 0 Å². The van der Waals surface area contributed by atoms with E-state index in [1.54, 1.807) is 20.8 Å². The van der Waals surface area contributed by atoms with Gasteiger partial charge in [-0.2, -0.15) is 13.2 Å². The molecule has 0 aliphatic carbocycles. The van der Waals surface area contributed by atoms with Crippen molar-refractivity contribution in [3.05, 3.63) is 0 Å². The Balaban J connectivity index is 4.32. The van der Waals surface area contributed by atoms with E-state index in [1.807, 2.05) is 0 Å². The van der Waals surface area contributed by atoms with Gasteiger partial charge in [0.05, 0.1) is 18.9 Å². The molecular formula is C13H22F3NO4. The van der Waals surface area contributed by atoms with Crippen molar-refractivity contribution in [1.82, 2.24) is 5.32 Å². The second-order valence-electron chi connectivity index (χ2n) is 5.47. The summed E-state index contributed by atoms with van der Waals surface area (Å²) in [6.07, 6.45) is -6.49. The molecule has 21 heavy (non-hydrogen) atoms. The van der Waals surface area contributed by atoms with Gasteiger partial charge >= 0.3 is 18.2 Å². The van der Waals surface area contributed by atoms with E-state index in [9.17, 15) is 22.8 Å². The Kier molecular flexibility index (Phi) is 7.52. The van der Waals surface area contributed by atoms with E-state index in [4.69, 9.17) is 4.74 Å². The van der Waals surface area contributed by atoms with Crippen LogP contribution >= 0.6 is 0 Å². The fraction of sp³-hybridized carbons (Fsp3) is 0.846. The van der Waals surface area contributed by atoms with Crippen molar-refractivity contribution in [1.29, 1.82) is 0 Å². The van der Waals surface area contributed by atoms with Gasteiger partial charge in [-0.25, -0.2) is 4.79 Å². The van der Waals surface area contributed by atoms with Crippen LogP contribution in [-0.2, 0) is 14.3 Å². The summed E-state index contributed by atoms with van der Waals surface area (Å²) in [5.74, 6) is -2.76. The van der Waals surface area contributed by atoms with Crippen molar-refractivity contribution < 1.29 is 32.2 Å². The molecule has 8 heteroatoms. The van der Waals surface area contributed by atoms with Crippen molar-refractivity contribution in [3.63, 3.8) is 0 Å². The molecule has 0 fully saturated rings. The fourth-order valence-electron chi connectivity index (χ4n) is 1.47. The first-order valence-corrected chi connectivity index (χ1v) is 6.65. The highest BCUT2D eigenvalue weighted by Gasteiger charge is 2.40. The van der Waals surface area contributed by atoms with Crippen LogP contribution in [0.25, 0.3) is 0 Å². The molecule has 0 radical (unpaired) electrons. The molecule has 0 saturated heterocycles. The van der Waals surface area contributed by atoms with Gasteiger partial charge in [-0.1, -0.05) is 0 Å². The van der Waals surface area contributed by atoms with Crippen LogP contribution in [0, 0.1) is 5.92 Å². The van der Waals surface area contributed by atoms with E-state index in [1.165, 1.54) is 6.92 Å². The van der Waals surface area contributed by atoms with Crippen LogP contribution in [0.3, 0.4) is 0 Å². The van der Waals surface area contributed by atoms with Crippen LogP contribution in [0.1, 0.15) is 40.5 Å². The molecule has 1 amide bonds. The number of amides is 1. The smallest absolute Gasteiger partial charge is 0.407 e. The molecule has 0 aromatic carbocycles. The van der Waals surface area contributed by atoms with Gasteiger partial charge in [0.2, 0.25) is 0 Å². The van der Waals surface area contributed by atoms with Crippen molar-refractivity contribution >= 4 is 12.1 Å². The molecule has 0 heterocycles. The Morgan fingerprint density at radius 2 is 1.76 bits per heavy atom. The lowest BCUT2D eigenvalue weighted by Crippen LogP contribution is -2.35. The van der Waals surface area contributed by atoms with E-state index >= 15 is 0 Å². The second-order valence-corrected chi connectivity index (χ2v) is 5.47. The minimum atomic E-state index is -4.53. The highest BCUT2D eigenvalue weighted by atomic mass is 19.4. The highest BCUT2D eigenvalue weighted by molar-refractivity contribution is 5.70. The maximum Gasteiger partial charge on any atom is 0.407 e. The number of alkyl carbamates (subject to hydrolysis) is 1. The number of alkyl halides is 3. The third-order valence-electron chi connectivity index (χ3n) is 2.34. The predicted molar refractivity (Wildman–Crippen MR) is 69.6 cm³/mol. The normalized spacial score (nSPS) is 13.5. The highest BCUT2D eigenvalue weighted by Crippen LogP contribution is 2.31. The summed E-state index contributed by atoms with van der Waals surface area (Å²) < 4.78 is 47.7. The zero-order valence-electron chi connectivity index (χ0n) is 12.7. The molecule has 1 N–H and O–H groups in total. The lowest BCUT2D eigenvalue weighted by molar-refractivity contribution is -0.185. The predicted octanol–water partition coefficient (Wildman–Crippen LogP) is 3.03. The Hall–Kier alpha value is -1.47. The Morgan fingerprint density at radius 1 is 1.19 bits per heavy atom. The molecule has 1 unspecified atom stereocenters. The van der Waals surface area contributed by atoms with Crippen LogP contribution in [-0.4, -0.2) is 37.0 Å². The van der Waals surface area contributed by atoms with Gasteiger partial charge in [0, 0.05) is 6.54 Å². The molecule has 5 nitrogen and oxygen atoms in total. The van der Waals surface area contributed by atoms with Gasteiger partial charge in [-0.15, -0.1) is 0 Å². The average molecular weight is 313 g/mol. The third kappa shape index (κ3) is 9.97. The summed E-state index contributed by atoms with van der Waals surface area (Å²) in [5, 5.41) is 2.23. The van der Waals surface area contributed by atoms with Gasteiger partial charge in [0.1, 0.15) is 5.60 Å². The standard InChI is InChI=1S/C13H22F3NO4/c1-5-20-10(18)8-9(13(14,15)16)6-7-17-11(19)21-12(2,3)4/h9H,5-8H2,1-4H3,(H,17,19). The zero-order valence-corrected chi connectivity index (χ0v) is 12.7. The molecule has 0 aromatic rings. The largest absolute Gasteiger partial charge is 0.466 e. The zero-order chi connectivity index (χ0) is 16.7. The molecule has 0 aliphatic rings. The van der Waals surface area contributed by atoms with Crippen LogP contribution < -0.4 is 5.32 Å². The topological polar surface area (TPSA) is 64.6 Å². The van der Waals surface area contributed by atoms with Crippen LogP contribution in [0.15, 0.2) is 0 Å². The first-order valence-electron chi connectivity index (χ1n) is 6.65. The van der Waals surface area contributed by atoms with Gasteiger partial charge in [-0.3, -0.25) is 4.79 Å². The molecule has 0 rings (SSSR count). The SMILES string of the molecule is CCOC(=O)CC(CCNC(=O)OC(C)(C)C)C(F)(F)F. The first kappa shape index (κ1) is 19.5. The number of rotatable bonds is 6. The molecular weight excluding hydrogens is 291 g/mol. The van der Waals surface area contributed by atoms with E-state index < -0.39 is 42.6 Å². The average Bonchev–Trinajstić information content (AvgIpc) is 2.24. The summed E-state index contributed by atoms with van der Waals surface area (Å²) in [5.41, 5.74) is -0.724. The van der Waals surface area contributed by atoms with Gasteiger partial charge in [-0.05, 0) is 34.1 Å². The van der Waals surface area contributed by atoms with Crippen molar-refractivity contribution in [2.45, 2.75) is 52.3 Å². The number of nitrogens with one attached hydrogen (secondary N) is 1. The number of esters is 1. The van der Waals surface area contributed by atoms with Gasteiger partial charge < -0.3 is 14.8 Å². The Morgan fingerprint density at radius 3 is 2.19 bits per heavy atom. The maximum absolute atomic E-state index is 12.8. The lowest BCUT2D eigenvalue weighted by Gasteiger charge is -2.22. The minimum Gasteiger partial charge on any atom is -0.466 e. The van der Waals surface area contributed by atoms with Gasteiger partial charge in [0.25, 0.3) is 0 Å². The quantitative estimate of drug-likeness (QED) is 0.766. The Labute approximate surface area is 122 Å². The van der Waals surface area contributed by atoms with Crippen LogP contribution in [0.4, 0.5) is 18.0 Å². The van der Waals surface area contributed by atoms with Crippen LogP contribution in [0.2, 0.25) is 0 Å². The molecule has 124 valence electrons. The number of halogens is 3. The van der Waals surface area contributed by atoms with E-state index in [0.717, 1.165) is 0 Å². The summed E-state index contributed by atoms with van der Waals surface area (Å²) in [4.78, 5) is 22.5. The van der Waals surface area contributed by atoms with Crippen molar-refractivity contribution in [2.75, 3.05) is 13.2 Å². The van der Waals surface area contributed by atoms with Crippen molar-refractivity contribution in [2.24, 2.45) is 5.92 Å². The minimum absolute atomic E-state index is 0.0274. The lowest BCUT2D eigenvalue weighted by atomic mass is 10.0.